The third-order valence-electron chi connectivity index (χ3n) is 2.99. The molecule has 0 saturated heterocycles. The third-order valence-corrected chi connectivity index (χ3v) is 2.99. The molecule has 1 N–H and O–H groups in total. The Morgan fingerprint density at radius 2 is 1.45 bits per heavy atom. The predicted octanol–water partition coefficient (Wildman–Crippen LogP) is 3.72. The van der Waals surface area contributed by atoms with Gasteiger partial charge in [0.1, 0.15) is 24.7 Å². The number of nitrogens with one attached hydrogen (secondary N) is 1. The molecule has 4 nitrogen and oxygen atoms in total. The molecule has 116 valence electrons. The van der Waals surface area contributed by atoms with Gasteiger partial charge in [-0.15, -0.1) is 0 Å². The quantitative estimate of drug-likeness (QED) is 0.827. The molecule has 0 atom stereocenters. The van der Waals surface area contributed by atoms with Gasteiger partial charge < -0.3 is 14.8 Å². The van der Waals surface area contributed by atoms with Crippen LogP contribution in [0.3, 0.4) is 0 Å². The zero-order chi connectivity index (χ0) is 15.9. The van der Waals surface area contributed by atoms with Crippen molar-refractivity contribution in [1.29, 1.82) is 0 Å². The molecule has 4 heteroatoms. The summed E-state index contributed by atoms with van der Waals surface area (Å²) in [4.78, 5) is 10.9. The number of carbonyl (C=O) groups excluding carboxylic acids is 1. The van der Waals surface area contributed by atoms with Gasteiger partial charge in [-0.2, -0.15) is 0 Å². The molecule has 0 aliphatic heterocycles. The number of hydrogen-bond donors (Lipinski definition) is 1. The highest BCUT2D eigenvalue weighted by Gasteiger charge is 1.99. The molecule has 0 heterocycles. The molecule has 2 aromatic carbocycles. The van der Waals surface area contributed by atoms with Crippen LogP contribution in [-0.2, 0) is 4.79 Å². The average Bonchev–Trinajstić information content (AvgIpc) is 2.44. The molecule has 0 aromatic heterocycles. The Labute approximate surface area is 131 Å². The van der Waals surface area contributed by atoms with Gasteiger partial charge >= 0.3 is 0 Å². The van der Waals surface area contributed by atoms with E-state index in [1.54, 1.807) is 0 Å². The number of carbonyl (C=O) groups is 1. The van der Waals surface area contributed by atoms with Gasteiger partial charge in [0.2, 0.25) is 5.91 Å². The third kappa shape index (κ3) is 5.13. The first-order chi connectivity index (χ1) is 10.5. The summed E-state index contributed by atoms with van der Waals surface area (Å²) in [5.74, 6) is 1.52. The average molecular weight is 299 g/mol. The summed E-state index contributed by atoms with van der Waals surface area (Å²) in [6.45, 7) is 6.53. The van der Waals surface area contributed by atoms with Gasteiger partial charge in [-0.05, 0) is 61.4 Å². The fourth-order valence-electron chi connectivity index (χ4n) is 2.17. The molecule has 1 amide bonds. The van der Waals surface area contributed by atoms with E-state index < -0.39 is 0 Å². The second kappa shape index (κ2) is 7.50. The van der Waals surface area contributed by atoms with Crippen LogP contribution in [0.5, 0.6) is 11.5 Å². The van der Waals surface area contributed by atoms with Crippen LogP contribution in [0.15, 0.2) is 42.5 Å². The first kappa shape index (κ1) is 15.9. The minimum Gasteiger partial charge on any atom is -0.490 e. The fourth-order valence-corrected chi connectivity index (χ4v) is 2.17. The molecule has 22 heavy (non-hydrogen) atoms. The lowest BCUT2D eigenvalue weighted by Crippen LogP contribution is -2.09. The maximum atomic E-state index is 10.9. The zero-order valence-corrected chi connectivity index (χ0v) is 13.2. The Morgan fingerprint density at radius 3 is 2.00 bits per heavy atom. The van der Waals surface area contributed by atoms with Gasteiger partial charge in [0, 0.05) is 12.6 Å². The number of benzene rings is 2. The monoisotopic (exact) mass is 299 g/mol. The molecule has 0 spiro atoms. The smallest absolute Gasteiger partial charge is 0.221 e. The van der Waals surface area contributed by atoms with Gasteiger partial charge in [-0.1, -0.05) is 6.07 Å². The van der Waals surface area contributed by atoms with E-state index in [0.29, 0.717) is 13.2 Å². The van der Waals surface area contributed by atoms with Gasteiger partial charge in [0.25, 0.3) is 0 Å². The fraction of sp³-hybridized carbons (Fsp3) is 0.278. The van der Waals surface area contributed by atoms with Gasteiger partial charge in [0.05, 0.1) is 0 Å². The van der Waals surface area contributed by atoms with Crippen molar-refractivity contribution < 1.29 is 14.3 Å². The van der Waals surface area contributed by atoms with Crippen LogP contribution in [0, 0.1) is 13.8 Å². The molecule has 2 aromatic rings. The maximum Gasteiger partial charge on any atom is 0.221 e. The van der Waals surface area contributed by atoms with Gasteiger partial charge in [0.15, 0.2) is 0 Å². The van der Waals surface area contributed by atoms with E-state index in [0.717, 1.165) is 17.2 Å². The van der Waals surface area contributed by atoms with Crippen LogP contribution in [0.4, 0.5) is 5.69 Å². The highest BCUT2D eigenvalue weighted by atomic mass is 16.5. The molecular formula is C18H21NO3. The number of aryl methyl sites for hydroxylation is 2. The zero-order valence-electron chi connectivity index (χ0n) is 13.2. The van der Waals surface area contributed by atoms with E-state index in [9.17, 15) is 4.79 Å². The lowest BCUT2D eigenvalue weighted by atomic mass is 10.1. The van der Waals surface area contributed by atoms with Crippen LogP contribution >= 0.6 is 0 Å². The lowest BCUT2D eigenvalue weighted by Gasteiger charge is -2.10. The highest BCUT2D eigenvalue weighted by Crippen LogP contribution is 2.17. The van der Waals surface area contributed by atoms with E-state index in [4.69, 9.17) is 9.47 Å². The van der Waals surface area contributed by atoms with Crippen molar-refractivity contribution in [1.82, 2.24) is 0 Å². The molecule has 0 unspecified atom stereocenters. The van der Waals surface area contributed by atoms with Gasteiger partial charge in [-0.3, -0.25) is 4.79 Å². The Morgan fingerprint density at radius 1 is 0.909 bits per heavy atom. The molecule has 0 aliphatic carbocycles. The van der Waals surface area contributed by atoms with Crippen molar-refractivity contribution in [3.63, 3.8) is 0 Å². The van der Waals surface area contributed by atoms with Crippen molar-refractivity contribution in [3.05, 3.63) is 53.6 Å². The predicted molar refractivity (Wildman–Crippen MR) is 87.7 cm³/mol. The van der Waals surface area contributed by atoms with E-state index in [2.05, 4.69) is 11.4 Å². The number of amides is 1. The van der Waals surface area contributed by atoms with Crippen LogP contribution in [0.2, 0.25) is 0 Å². The minimum absolute atomic E-state index is 0.0875. The Bertz CT molecular complexity index is 615. The molecule has 0 radical (unpaired) electrons. The minimum atomic E-state index is -0.0875. The number of ether oxygens (including phenoxy) is 2. The largest absolute Gasteiger partial charge is 0.490 e. The van der Waals surface area contributed by atoms with Gasteiger partial charge in [-0.25, -0.2) is 0 Å². The number of anilines is 1. The molecule has 2 rings (SSSR count). The molecular weight excluding hydrogens is 278 g/mol. The molecule has 0 aliphatic rings. The van der Waals surface area contributed by atoms with E-state index in [1.165, 1.54) is 18.1 Å². The lowest BCUT2D eigenvalue weighted by molar-refractivity contribution is -0.114. The molecule has 0 fully saturated rings. The van der Waals surface area contributed by atoms with Crippen LogP contribution in [0.1, 0.15) is 18.1 Å². The van der Waals surface area contributed by atoms with E-state index in [-0.39, 0.29) is 5.91 Å². The number of rotatable bonds is 6. The number of hydrogen-bond acceptors (Lipinski definition) is 3. The first-order valence-corrected chi connectivity index (χ1v) is 7.24. The SMILES string of the molecule is CC(=O)Nc1ccc(OCCOc2cc(C)cc(C)c2)cc1. The summed E-state index contributed by atoms with van der Waals surface area (Å²) in [5.41, 5.74) is 3.13. The second-order valence-corrected chi connectivity index (χ2v) is 5.23. The Balaban J connectivity index is 1.77. The van der Waals surface area contributed by atoms with E-state index >= 15 is 0 Å². The van der Waals surface area contributed by atoms with Crippen molar-refractivity contribution in [2.45, 2.75) is 20.8 Å². The van der Waals surface area contributed by atoms with Crippen molar-refractivity contribution in [3.8, 4) is 11.5 Å². The summed E-state index contributed by atoms with van der Waals surface area (Å²) in [5, 5.41) is 2.71. The normalized spacial score (nSPS) is 10.1. The van der Waals surface area contributed by atoms with Crippen molar-refractivity contribution in [2.24, 2.45) is 0 Å². The topological polar surface area (TPSA) is 47.6 Å². The van der Waals surface area contributed by atoms with Crippen LogP contribution < -0.4 is 14.8 Å². The highest BCUT2D eigenvalue weighted by molar-refractivity contribution is 5.88. The molecule has 0 saturated carbocycles. The maximum absolute atomic E-state index is 10.9. The summed E-state index contributed by atoms with van der Waals surface area (Å²) in [6, 6.07) is 13.4. The van der Waals surface area contributed by atoms with Crippen LogP contribution in [0.25, 0.3) is 0 Å². The van der Waals surface area contributed by atoms with Crippen molar-refractivity contribution >= 4 is 11.6 Å². The second-order valence-electron chi connectivity index (χ2n) is 5.23. The van der Waals surface area contributed by atoms with Crippen LogP contribution in [-0.4, -0.2) is 19.1 Å². The Hall–Kier alpha value is -2.49. The van der Waals surface area contributed by atoms with E-state index in [1.807, 2.05) is 50.2 Å². The standard InChI is InChI=1S/C18H21NO3/c1-13-10-14(2)12-18(11-13)22-9-8-21-17-6-4-16(5-7-17)19-15(3)20/h4-7,10-12H,8-9H2,1-3H3,(H,19,20). The summed E-state index contributed by atoms with van der Waals surface area (Å²) < 4.78 is 11.3. The summed E-state index contributed by atoms with van der Waals surface area (Å²) >= 11 is 0. The summed E-state index contributed by atoms with van der Waals surface area (Å²) in [7, 11) is 0. The first-order valence-electron chi connectivity index (χ1n) is 7.24. The Kier molecular flexibility index (Phi) is 5.42. The van der Waals surface area contributed by atoms with Crippen molar-refractivity contribution in [2.75, 3.05) is 18.5 Å². The molecule has 0 bridgehead atoms. The summed E-state index contributed by atoms with van der Waals surface area (Å²) in [6.07, 6.45) is 0.